The zero-order valence-corrected chi connectivity index (χ0v) is 18.8. The summed E-state index contributed by atoms with van der Waals surface area (Å²) in [7, 11) is -3.43. The first-order valence-electron chi connectivity index (χ1n) is 11.2. The van der Waals surface area contributed by atoms with Gasteiger partial charge in [0.1, 0.15) is 0 Å². The summed E-state index contributed by atoms with van der Waals surface area (Å²) in [6.07, 6.45) is 8.09. The van der Waals surface area contributed by atoms with Gasteiger partial charge in [0, 0.05) is 19.6 Å². The van der Waals surface area contributed by atoms with Gasteiger partial charge in [-0.3, -0.25) is 0 Å². The summed E-state index contributed by atoms with van der Waals surface area (Å²) in [6.45, 7) is 8.13. The summed E-state index contributed by atoms with van der Waals surface area (Å²) in [5.41, 5.74) is 1.58. The maximum Gasteiger partial charge on any atom is 0.243 e. The minimum absolute atomic E-state index is 0.214. The molecule has 1 aliphatic carbocycles. The Morgan fingerprint density at radius 1 is 0.931 bits per heavy atom. The number of benzene rings is 1. The Hall–Kier alpha value is -0.950. The smallest absolute Gasteiger partial charge is 0.243 e. The molecule has 29 heavy (non-hydrogen) atoms. The van der Waals surface area contributed by atoms with E-state index >= 15 is 0 Å². The lowest BCUT2D eigenvalue weighted by molar-refractivity contribution is -0.0625. The Morgan fingerprint density at radius 2 is 1.55 bits per heavy atom. The van der Waals surface area contributed by atoms with Crippen LogP contribution in [0.2, 0.25) is 0 Å². The Labute approximate surface area is 176 Å². The van der Waals surface area contributed by atoms with Crippen molar-refractivity contribution in [1.29, 1.82) is 0 Å². The third-order valence-electron chi connectivity index (χ3n) is 7.69. The average molecular weight is 421 g/mol. The molecule has 1 spiro atoms. The lowest BCUT2D eigenvalue weighted by Crippen LogP contribution is -2.50. The Bertz CT molecular complexity index is 828. The van der Waals surface area contributed by atoms with E-state index < -0.39 is 15.6 Å². The van der Waals surface area contributed by atoms with Crippen molar-refractivity contribution in [3.63, 3.8) is 0 Å². The highest BCUT2D eigenvalue weighted by atomic mass is 32.2. The van der Waals surface area contributed by atoms with Crippen LogP contribution in [0.25, 0.3) is 0 Å². The first-order chi connectivity index (χ1) is 13.7. The number of piperidine rings is 1. The Balaban J connectivity index is 1.37. The van der Waals surface area contributed by atoms with Crippen LogP contribution >= 0.6 is 0 Å². The zero-order chi connectivity index (χ0) is 20.7. The maximum absolute atomic E-state index is 13.2. The molecule has 2 saturated heterocycles. The van der Waals surface area contributed by atoms with Crippen LogP contribution in [-0.2, 0) is 10.0 Å². The summed E-state index contributed by atoms with van der Waals surface area (Å²) < 4.78 is 28.0. The summed E-state index contributed by atoms with van der Waals surface area (Å²) >= 11 is 0. The van der Waals surface area contributed by atoms with Crippen molar-refractivity contribution >= 4 is 10.0 Å². The van der Waals surface area contributed by atoms with Crippen molar-refractivity contribution in [2.75, 3.05) is 32.7 Å². The van der Waals surface area contributed by atoms with Crippen LogP contribution < -0.4 is 0 Å². The molecule has 1 aromatic rings. The van der Waals surface area contributed by atoms with Gasteiger partial charge in [-0.15, -0.1) is 0 Å². The fraction of sp³-hybridized carbons (Fsp3) is 0.739. The Morgan fingerprint density at radius 3 is 2.14 bits per heavy atom. The second kappa shape index (κ2) is 7.95. The summed E-state index contributed by atoms with van der Waals surface area (Å²) in [6, 6.07) is 5.58. The molecule has 0 bridgehead atoms. The predicted octanol–water partition coefficient (Wildman–Crippen LogP) is 3.48. The van der Waals surface area contributed by atoms with Gasteiger partial charge in [0.25, 0.3) is 0 Å². The van der Waals surface area contributed by atoms with E-state index in [9.17, 15) is 13.5 Å². The monoisotopic (exact) mass is 420 g/mol. The van der Waals surface area contributed by atoms with Gasteiger partial charge in [-0.2, -0.15) is 4.31 Å². The van der Waals surface area contributed by atoms with Crippen molar-refractivity contribution in [2.24, 2.45) is 5.41 Å². The molecule has 4 rings (SSSR count). The van der Waals surface area contributed by atoms with Crippen molar-refractivity contribution in [2.45, 2.75) is 75.7 Å². The molecule has 162 valence electrons. The number of hydrogen-bond acceptors (Lipinski definition) is 4. The van der Waals surface area contributed by atoms with Crippen LogP contribution in [0.1, 0.15) is 62.5 Å². The summed E-state index contributed by atoms with van der Waals surface area (Å²) in [4.78, 5) is 2.86. The molecule has 0 unspecified atom stereocenters. The molecule has 0 amide bonds. The molecule has 0 atom stereocenters. The van der Waals surface area contributed by atoms with Gasteiger partial charge >= 0.3 is 0 Å². The quantitative estimate of drug-likeness (QED) is 0.810. The van der Waals surface area contributed by atoms with Crippen LogP contribution in [0, 0.1) is 19.3 Å². The first kappa shape index (κ1) is 21.3. The molecule has 3 fully saturated rings. The number of rotatable bonds is 4. The number of likely N-dealkylation sites (tertiary alicyclic amines) is 1. The molecule has 3 aliphatic rings. The largest absolute Gasteiger partial charge is 0.389 e. The lowest BCUT2D eigenvalue weighted by Gasteiger charge is -2.48. The van der Waals surface area contributed by atoms with Gasteiger partial charge in [-0.05, 0) is 95.3 Å². The summed E-state index contributed by atoms with van der Waals surface area (Å²) in [5.74, 6) is 0. The van der Waals surface area contributed by atoms with Gasteiger partial charge in [-0.25, -0.2) is 8.42 Å². The molecule has 5 nitrogen and oxygen atoms in total. The van der Waals surface area contributed by atoms with Gasteiger partial charge in [0.2, 0.25) is 10.0 Å². The van der Waals surface area contributed by atoms with E-state index in [0.717, 1.165) is 69.3 Å². The van der Waals surface area contributed by atoms with Crippen LogP contribution in [0.4, 0.5) is 0 Å². The highest BCUT2D eigenvalue weighted by Crippen LogP contribution is 2.48. The molecule has 1 saturated carbocycles. The molecule has 2 aliphatic heterocycles. The fourth-order valence-corrected chi connectivity index (χ4v) is 7.34. The number of sulfonamides is 1. The molecular weight excluding hydrogens is 384 g/mol. The first-order valence-corrected chi connectivity index (χ1v) is 12.7. The number of aliphatic hydroxyl groups is 1. The topological polar surface area (TPSA) is 60.9 Å². The van der Waals surface area contributed by atoms with Crippen molar-refractivity contribution in [1.82, 2.24) is 9.21 Å². The van der Waals surface area contributed by atoms with E-state index in [1.165, 1.54) is 12.8 Å². The third-order valence-corrected chi connectivity index (χ3v) is 9.75. The molecule has 1 N–H and O–H groups in total. The van der Waals surface area contributed by atoms with Crippen molar-refractivity contribution in [3.8, 4) is 0 Å². The third kappa shape index (κ3) is 4.41. The van der Waals surface area contributed by atoms with Gasteiger partial charge < -0.3 is 10.0 Å². The highest BCUT2D eigenvalue weighted by molar-refractivity contribution is 7.89. The fourth-order valence-electron chi connectivity index (χ4n) is 5.69. The van der Waals surface area contributed by atoms with Crippen LogP contribution in [0.15, 0.2) is 23.1 Å². The number of hydrogen-bond donors (Lipinski definition) is 1. The van der Waals surface area contributed by atoms with Gasteiger partial charge in [0.05, 0.1) is 10.5 Å². The second-order valence-electron chi connectivity index (χ2n) is 9.88. The van der Waals surface area contributed by atoms with E-state index in [0.29, 0.717) is 18.0 Å². The van der Waals surface area contributed by atoms with Gasteiger partial charge in [0.15, 0.2) is 0 Å². The molecule has 6 heteroatoms. The SMILES string of the molecule is Cc1ccc(S(=O)(=O)N2CCC3(CC2)CCC(O)(CN2CCCC2)CC3)c(C)c1. The number of nitrogens with zero attached hydrogens (tertiary/aromatic N) is 2. The van der Waals surface area contributed by atoms with E-state index in [2.05, 4.69) is 4.90 Å². The standard InChI is InChI=1S/C23H36N2O3S/c1-19-5-6-21(20(2)17-19)29(27,28)25-15-11-22(12-16-25)7-9-23(26,10-8-22)18-24-13-3-4-14-24/h5-6,17,26H,3-4,7-16,18H2,1-2H3. The molecular formula is C23H36N2O3S. The van der Waals surface area contributed by atoms with Crippen LogP contribution in [0.3, 0.4) is 0 Å². The predicted molar refractivity (Wildman–Crippen MR) is 115 cm³/mol. The van der Waals surface area contributed by atoms with E-state index in [1.807, 2.05) is 26.0 Å². The van der Waals surface area contributed by atoms with E-state index in [1.54, 1.807) is 10.4 Å². The zero-order valence-electron chi connectivity index (χ0n) is 18.0. The van der Waals surface area contributed by atoms with Crippen molar-refractivity contribution in [3.05, 3.63) is 29.3 Å². The highest BCUT2D eigenvalue weighted by Gasteiger charge is 2.45. The van der Waals surface area contributed by atoms with Gasteiger partial charge in [-0.1, -0.05) is 17.7 Å². The Kier molecular flexibility index (Phi) is 5.84. The van der Waals surface area contributed by atoms with E-state index in [-0.39, 0.29) is 5.41 Å². The summed E-state index contributed by atoms with van der Waals surface area (Å²) in [5, 5.41) is 11.1. The minimum atomic E-state index is -3.43. The number of aryl methyl sites for hydroxylation is 2. The normalized spacial score (nSPS) is 25.5. The number of β-amino-alcohol motifs (C(OH)–C–C–N with tert-alkyl or cyclic N) is 1. The molecule has 0 aromatic heterocycles. The molecule has 0 radical (unpaired) electrons. The molecule has 1 aromatic carbocycles. The maximum atomic E-state index is 13.2. The molecule has 2 heterocycles. The minimum Gasteiger partial charge on any atom is -0.389 e. The lowest BCUT2D eigenvalue weighted by atomic mass is 9.64. The van der Waals surface area contributed by atoms with Crippen LogP contribution in [-0.4, -0.2) is 61.1 Å². The second-order valence-corrected chi connectivity index (χ2v) is 11.8. The van der Waals surface area contributed by atoms with Crippen LogP contribution in [0.5, 0.6) is 0 Å². The van der Waals surface area contributed by atoms with E-state index in [4.69, 9.17) is 0 Å². The van der Waals surface area contributed by atoms with Crippen molar-refractivity contribution < 1.29 is 13.5 Å². The average Bonchev–Trinajstić information content (AvgIpc) is 3.17.